The van der Waals surface area contributed by atoms with Crippen molar-refractivity contribution in [2.75, 3.05) is 4.90 Å². The Morgan fingerprint density at radius 1 is 0.615 bits per heavy atom. The molecule has 184 valence electrons. The van der Waals surface area contributed by atoms with Crippen LogP contribution in [0.2, 0.25) is 0 Å². The molecule has 0 fully saturated rings. The predicted molar refractivity (Wildman–Crippen MR) is 155 cm³/mol. The van der Waals surface area contributed by atoms with Gasteiger partial charge in [0, 0.05) is 16.2 Å². The van der Waals surface area contributed by atoms with Crippen LogP contribution >= 0.6 is 0 Å². The van der Waals surface area contributed by atoms with Crippen molar-refractivity contribution < 1.29 is 0 Å². The third kappa shape index (κ3) is 3.27. The molecule has 5 nitrogen and oxygen atoms in total. The van der Waals surface area contributed by atoms with E-state index < -0.39 is 0 Å². The molecule has 1 aliphatic heterocycles. The van der Waals surface area contributed by atoms with E-state index >= 15 is 0 Å². The second-order valence-electron chi connectivity index (χ2n) is 10.4. The Morgan fingerprint density at radius 3 is 1.67 bits per heavy atom. The maximum Gasteiger partial charge on any atom is 0.140 e. The van der Waals surface area contributed by atoms with Gasteiger partial charge in [-0.15, -0.1) is 0 Å². The molecule has 0 amide bonds. The number of hydrogen-bond donors (Lipinski definition) is 0. The highest BCUT2D eigenvalue weighted by Gasteiger charge is 2.36. The van der Waals surface area contributed by atoms with E-state index in [2.05, 4.69) is 84.0 Å². The molecular formula is C34H23N5. The Labute approximate surface area is 226 Å². The average molecular weight is 502 g/mol. The predicted octanol–water partition coefficient (Wildman–Crippen LogP) is 8.03. The highest BCUT2D eigenvalue weighted by atomic mass is 15.2. The summed E-state index contributed by atoms with van der Waals surface area (Å²) in [6.07, 6.45) is 0. The van der Waals surface area contributed by atoms with E-state index in [4.69, 9.17) is 4.98 Å². The molecule has 0 atom stereocenters. The van der Waals surface area contributed by atoms with Gasteiger partial charge in [-0.1, -0.05) is 56.3 Å². The second kappa shape index (κ2) is 8.31. The van der Waals surface area contributed by atoms with Crippen LogP contribution in [0.25, 0.3) is 27.6 Å². The van der Waals surface area contributed by atoms with Gasteiger partial charge in [0.1, 0.15) is 11.6 Å². The van der Waals surface area contributed by atoms with Gasteiger partial charge in [0.15, 0.2) is 0 Å². The standard InChI is InChI=1S/C34H23N5/c1-34(2)26-8-3-5-10-30(26)39(31-11-6-4-9-27(31)34)33-13-7-12-32(37-33)38-28-16-14-22(20-35)18-24(28)25-19-23(21-36)15-17-29(25)38/h3-19H,1-2H3. The highest BCUT2D eigenvalue weighted by molar-refractivity contribution is 6.10. The van der Waals surface area contributed by atoms with Crippen LogP contribution in [0.5, 0.6) is 0 Å². The summed E-state index contributed by atoms with van der Waals surface area (Å²) in [5.74, 6) is 1.59. The fourth-order valence-corrected chi connectivity index (χ4v) is 5.99. The van der Waals surface area contributed by atoms with Gasteiger partial charge >= 0.3 is 0 Å². The normalized spacial score (nSPS) is 13.5. The van der Waals surface area contributed by atoms with Crippen molar-refractivity contribution in [1.82, 2.24) is 9.55 Å². The van der Waals surface area contributed by atoms with Crippen molar-refractivity contribution >= 4 is 39.0 Å². The van der Waals surface area contributed by atoms with E-state index in [1.807, 2.05) is 54.6 Å². The zero-order valence-electron chi connectivity index (χ0n) is 21.6. The SMILES string of the molecule is CC1(C)c2ccccc2N(c2cccc(-n3c4ccc(C#N)cc4c4cc(C#N)ccc43)n2)c2ccccc21. The summed E-state index contributed by atoms with van der Waals surface area (Å²) >= 11 is 0. The maximum absolute atomic E-state index is 9.54. The Kier molecular flexibility index (Phi) is 4.86. The number of benzene rings is 4. The largest absolute Gasteiger partial charge is 0.294 e. The number of para-hydroxylation sites is 2. The lowest BCUT2D eigenvalue weighted by Gasteiger charge is -2.41. The van der Waals surface area contributed by atoms with Crippen LogP contribution in [0.1, 0.15) is 36.1 Å². The summed E-state index contributed by atoms with van der Waals surface area (Å²) < 4.78 is 2.11. The number of pyridine rings is 1. The maximum atomic E-state index is 9.54. The first kappa shape index (κ1) is 22.8. The first-order valence-corrected chi connectivity index (χ1v) is 12.9. The molecule has 0 bridgehead atoms. The zero-order chi connectivity index (χ0) is 26.7. The molecule has 4 aromatic carbocycles. The van der Waals surface area contributed by atoms with Crippen molar-refractivity contribution in [1.29, 1.82) is 10.5 Å². The molecule has 39 heavy (non-hydrogen) atoms. The van der Waals surface area contributed by atoms with E-state index in [-0.39, 0.29) is 5.41 Å². The molecule has 0 saturated carbocycles. The van der Waals surface area contributed by atoms with Gasteiger partial charge in [0.25, 0.3) is 0 Å². The van der Waals surface area contributed by atoms with Crippen LogP contribution in [-0.2, 0) is 5.41 Å². The molecule has 7 rings (SSSR count). The highest BCUT2D eigenvalue weighted by Crippen LogP contribution is 2.51. The minimum absolute atomic E-state index is 0.148. The molecule has 0 spiro atoms. The summed E-state index contributed by atoms with van der Waals surface area (Å²) in [5.41, 5.74) is 7.61. The number of nitrogens with zero attached hydrogens (tertiary/aromatic N) is 5. The third-order valence-electron chi connectivity index (χ3n) is 7.84. The molecule has 3 heterocycles. The van der Waals surface area contributed by atoms with Crippen LogP contribution in [-0.4, -0.2) is 9.55 Å². The summed E-state index contributed by atoms with van der Waals surface area (Å²) in [7, 11) is 0. The quantitative estimate of drug-likeness (QED) is 0.241. The third-order valence-corrected chi connectivity index (χ3v) is 7.84. The number of anilines is 3. The van der Waals surface area contributed by atoms with Crippen molar-refractivity contribution in [2.45, 2.75) is 19.3 Å². The lowest BCUT2D eigenvalue weighted by Crippen LogP contribution is -2.30. The molecule has 1 aliphatic rings. The van der Waals surface area contributed by atoms with E-state index in [1.54, 1.807) is 0 Å². The Morgan fingerprint density at radius 2 is 1.13 bits per heavy atom. The van der Waals surface area contributed by atoms with Gasteiger partial charge in [-0.05, 0) is 71.8 Å². The first-order valence-electron chi connectivity index (χ1n) is 12.9. The molecular weight excluding hydrogens is 478 g/mol. The fraction of sp³-hybridized carbons (Fsp3) is 0.0882. The molecule has 0 unspecified atom stereocenters. The van der Waals surface area contributed by atoms with Crippen LogP contribution in [0.3, 0.4) is 0 Å². The van der Waals surface area contributed by atoms with Crippen molar-refractivity contribution in [2.24, 2.45) is 0 Å². The molecule has 0 aliphatic carbocycles. The second-order valence-corrected chi connectivity index (χ2v) is 10.4. The number of aromatic nitrogens is 2. The van der Waals surface area contributed by atoms with Crippen LogP contribution < -0.4 is 4.90 Å². The average Bonchev–Trinajstić information content (AvgIpc) is 3.30. The van der Waals surface area contributed by atoms with E-state index in [0.717, 1.165) is 44.8 Å². The molecule has 0 N–H and O–H groups in total. The van der Waals surface area contributed by atoms with Crippen LogP contribution in [0, 0.1) is 22.7 Å². The number of fused-ring (bicyclic) bond motifs is 5. The molecule has 6 aromatic rings. The topological polar surface area (TPSA) is 68.6 Å². The Hall–Kier alpha value is -5.39. The minimum atomic E-state index is -0.148. The van der Waals surface area contributed by atoms with Crippen molar-refractivity contribution in [3.05, 3.63) is 125 Å². The monoisotopic (exact) mass is 501 g/mol. The Bertz CT molecular complexity index is 1910. The smallest absolute Gasteiger partial charge is 0.140 e. The number of rotatable bonds is 2. The molecule has 0 saturated heterocycles. The molecule has 5 heteroatoms. The van der Waals surface area contributed by atoms with Gasteiger partial charge in [0.05, 0.1) is 45.7 Å². The zero-order valence-corrected chi connectivity index (χ0v) is 21.6. The first-order chi connectivity index (χ1) is 19.0. The van der Waals surface area contributed by atoms with E-state index in [9.17, 15) is 10.5 Å². The molecule has 2 aromatic heterocycles. The summed E-state index contributed by atoms with van der Waals surface area (Å²) in [4.78, 5) is 7.47. The fourth-order valence-electron chi connectivity index (χ4n) is 5.99. The van der Waals surface area contributed by atoms with Gasteiger partial charge in [0.2, 0.25) is 0 Å². The van der Waals surface area contributed by atoms with Crippen LogP contribution in [0.4, 0.5) is 17.2 Å². The lowest BCUT2D eigenvalue weighted by molar-refractivity contribution is 0.631. The van der Waals surface area contributed by atoms with E-state index in [0.29, 0.717) is 11.1 Å². The lowest BCUT2D eigenvalue weighted by atomic mass is 9.73. The van der Waals surface area contributed by atoms with Gasteiger partial charge < -0.3 is 0 Å². The summed E-state index contributed by atoms with van der Waals surface area (Å²) in [6.45, 7) is 4.55. The number of hydrogen-bond acceptors (Lipinski definition) is 4. The molecule has 0 radical (unpaired) electrons. The Balaban J connectivity index is 1.49. The number of nitriles is 2. The minimum Gasteiger partial charge on any atom is -0.294 e. The van der Waals surface area contributed by atoms with Gasteiger partial charge in [-0.2, -0.15) is 10.5 Å². The van der Waals surface area contributed by atoms with Crippen molar-refractivity contribution in [3.63, 3.8) is 0 Å². The summed E-state index contributed by atoms with van der Waals surface area (Å²) in [5, 5.41) is 20.9. The van der Waals surface area contributed by atoms with Gasteiger partial charge in [-0.25, -0.2) is 4.98 Å². The van der Waals surface area contributed by atoms with Crippen LogP contribution in [0.15, 0.2) is 103 Å². The van der Waals surface area contributed by atoms with Gasteiger partial charge in [-0.3, -0.25) is 9.47 Å². The van der Waals surface area contributed by atoms with E-state index in [1.165, 1.54) is 11.1 Å². The van der Waals surface area contributed by atoms with Crippen molar-refractivity contribution in [3.8, 4) is 18.0 Å². The summed E-state index contributed by atoms with van der Waals surface area (Å²) in [6, 6.07) is 39.0.